The highest BCUT2D eigenvalue weighted by Crippen LogP contribution is 2.39. The Balaban J connectivity index is 1.20. The lowest BCUT2D eigenvalue weighted by atomic mass is 9.97. The molecule has 0 unspecified atom stereocenters. The van der Waals surface area contributed by atoms with Gasteiger partial charge in [0.15, 0.2) is 0 Å². The molecule has 0 fully saturated rings. The van der Waals surface area contributed by atoms with Gasteiger partial charge in [-0.2, -0.15) is 0 Å². The maximum Gasteiger partial charge on any atom is 0.136 e. The molecule has 0 aliphatic rings. The summed E-state index contributed by atoms with van der Waals surface area (Å²) < 4.78 is 8.63. The van der Waals surface area contributed by atoms with E-state index in [-0.39, 0.29) is 0 Å². The lowest BCUT2D eigenvalue weighted by Gasteiger charge is -2.15. The molecule has 0 spiro atoms. The average molecular weight is 562 g/mol. The fourth-order valence-corrected chi connectivity index (χ4v) is 6.73. The second-order valence-electron chi connectivity index (χ2n) is 11.4. The Bertz CT molecular complexity index is 2500. The van der Waals surface area contributed by atoms with Gasteiger partial charge in [0.1, 0.15) is 11.2 Å². The predicted octanol–water partition coefficient (Wildman–Crippen LogP) is 11.7. The van der Waals surface area contributed by atoms with Crippen molar-refractivity contribution in [3.8, 4) is 39.1 Å². The molecule has 0 radical (unpaired) electrons. The summed E-state index contributed by atoms with van der Waals surface area (Å²) in [4.78, 5) is 0. The van der Waals surface area contributed by atoms with Crippen molar-refractivity contribution in [2.75, 3.05) is 0 Å². The van der Waals surface area contributed by atoms with Crippen molar-refractivity contribution in [2.24, 2.45) is 0 Å². The van der Waals surface area contributed by atoms with E-state index in [1.807, 2.05) is 12.1 Å². The fourth-order valence-electron chi connectivity index (χ4n) is 6.73. The van der Waals surface area contributed by atoms with Crippen molar-refractivity contribution in [2.45, 2.75) is 0 Å². The maximum absolute atomic E-state index is 6.21. The number of fused-ring (bicyclic) bond motifs is 6. The molecule has 44 heavy (non-hydrogen) atoms. The Labute approximate surface area is 255 Å². The van der Waals surface area contributed by atoms with Crippen LogP contribution in [0.25, 0.3) is 82.8 Å². The van der Waals surface area contributed by atoms with E-state index in [1.54, 1.807) is 0 Å². The molecule has 7 aromatic carbocycles. The second kappa shape index (κ2) is 9.86. The monoisotopic (exact) mass is 561 g/mol. The Morgan fingerprint density at radius 2 is 0.977 bits per heavy atom. The standard InChI is InChI=1S/C42H27NO/c1-2-11-28(12-3-1)30-22-24-40-37(26-30)34-16-5-8-19-39(34)43(40)38-18-7-4-15-33(38)32-14-10-13-29(25-32)31-21-23-36-35-17-6-9-20-41(35)44-42(36)27-31/h1-27H. The summed E-state index contributed by atoms with van der Waals surface area (Å²) in [7, 11) is 0. The largest absolute Gasteiger partial charge is 0.456 e. The number of aromatic nitrogens is 1. The number of benzene rings is 7. The number of para-hydroxylation sites is 3. The van der Waals surface area contributed by atoms with Crippen LogP contribution in [0.15, 0.2) is 168 Å². The number of hydrogen-bond donors (Lipinski definition) is 0. The molecule has 0 atom stereocenters. The van der Waals surface area contributed by atoms with Gasteiger partial charge in [-0.15, -0.1) is 0 Å². The molecule has 0 N–H and O–H groups in total. The van der Waals surface area contributed by atoms with E-state index in [2.05, 4.69) is 156 Å². The van der Waals surface area contributed by atoms with Gasteiger partial charge >= 0.3 is 0 Å². The van der Waals surface area contributed by atoms with Crippen LogP contribution in [-0.4, -0.2) is 4.57 Å². The zero-order valence-corrected chi connectivity index (χ0v) is 23.9. The first kappa shape index (κ1) is 24.7. The minimum atomic E-state index is 0.912. The molecule has 2 heterocycles. The van der Waals surface area contributed by atoms with Crippen molar-refractivity contribution >= 4 is 43.7 Å². The first-order valence-electron chi connectivity index (χ1n) is 15.0. The third kappa shape index (κ3) is 3.89. The number of furan rings is 1. The number of hydrogen-bond acceptors (Lipinski definition) is 1. The third-order valence-electron chi connectivity index (χ3n) is 8.81. The van der Waals surface area contributed by atoms with Gasteiger partial charge < -0.3 is 8.98 Å². The first-order chi connectivity index (χ1) is 21.8. The lowest BCUT2D eigenvalue weighted by molar-refractivity contribution is 0.669. The van der Waals surface area contributed by atoms with Crippen LogP contribution in [0.1, 0.15) is 0 Å². The van der Waals surface area contributed by atoms with Gasteiger partial charge in [-0.1, -0.05) is 115 Å². The van der Waals surface area contributed by atoms with Crippen LogP contribution in [0.4, 0.5) is 0 Å². The maximum atomic E-state index is 6.21. The highest BCUT2D eigenvalue weighted by molar-refractivity contribution is 6.11. The second-order valence-corrected chi connectivity index (χ2v) is 11.4. The zero-order chi connectivity index (χ0) is 29.0. The molecule has 0 aliphatic heterocycles. The van der Waals surface area contributed by atoms with Gasteiger partial charge in [-0.05, 0) is 76.3 Å². The molecule has 2 heteroatoms. The summed E-state index contributed by atoms with van der Waals surface area (Å²) >= 11 is 0. The zero-order valence-electron chi connectivity index (χ0n) is 23.9. The van der Waals surface area contributed by atoms with E-state index in [4.69, 9.17) is 4.42 Å². The van der Waals surface area contributed by atoms with Crippen LogP contribution in [-0.2, 0) is 0 Å². The molecule has 0 amide bonds. The highest BCUT2D eigenvalue weighted by atomic mass is 16.3. The molecule has 0 bridgehead atoms. The summed E-state index contributed by atoms with van der Waals surface area (Å²) in [6, 6.07) is 58.6. The van der Waals surface area contributed by atoms with Crippen LogP contribution in [0, 0.1) is 0 Å². The van der Waals surface area contributed by atoms with Crippen molar-refractivity contribution in [3.63, 3.8) is 0 Å². The molecule has 2 aromatic heterocycles. The van der Waals surface area contributed by atoms with E-state index in [0.29, 0.717) is 0 Å². The fraction of sp³-hybridized carbons (Fsp3) is 0. The van der Waals surface area contributed by atoms with E-state index >= 15 is 0 Å². The topological polar surface area (TPSA) is 18.1 Å². The van der Waals surface area contributed by atoms with Crippen LogP contribution in [0.3, 0.4) is 0 Å². The lowest BCUT2D eigenvalue weighted by Crippen LogP contribution is -1.97. The minimum Gasteiger partial charge on any atom is -0.456 e. The van der Waals surface area contributed by atoms with Gasteiger partial charge in [0.05, 0.1) is 16.7 Å². The van der Waals surface area contributed by atoms with Crippen molar-refractivity contribution in [1.29, 1.82) is 0 Å². The van der Waals surface area contributed by atoms with E-state index in [0.717, 1.165) is 38.8 Å². The summed E-state index contributed by atoms with van der Waals surface area (Å²) in [5, 5.41) is 4.80. The SMILES string of the molecule is c1ccc(-c2ccc3c(c2)c2ccccc2n3-c2ccccc2-c2cccc(-c3ccc4c(c3)oc3ccccc34)c2)cc1. The summed E-state index contributed by atoms with van der Waals surface area (Å²) in [6.45, 7) is 0. The smallest absolute Gasteiger partial charge is 0.136 e. The van der Waals surface area contributed by atoms with Crippen molar-refractivity contribution < 1.29 is 4.42 Å². The normalized spacial score (nSPS) is 11.6. The van der Waals surface area contributed by atoms with Gasteiger partial charge in [0, 0.05) is 27.1 Å². The van der Waals surface area contributed by atoms with Crippen LogP contribution in [0.5, 0.6) is 0 Å². The van der Waals surface area contributed by atoms with Crippen LogP contribution < -0.4 is 0 Å². The third-order valence-corrected chi connectivity index (χ3v) is 8.81. The first-order valence-corrected chi connectivity index (χ1v) is 15.0. The number of rotatable bonds is 4. The van der Waals surface area contributed by atoms with Gasteiger partial charge in [-0.3, -0.25) is 0 Å². The van der Waals surface area contributed by atoms with Crippen LogP contribution >= 0.6 is 0 Å². The van der Waals surface area contributed by atoms with Gasteiger partial charge in [0.2, 0.25) is 0 Å². The summed E-state index contributed by atoms with van der Waals surface area (Å²) in [5.41, 5.74) is 12.5. The minimum absolute atomic E-state index is 0.912. The molecule has 206 valence electrons. The Hall–Kier alpha value is -5.86. The van der Waals surface area contributed by atoms with Gasteiger partial charge in [0.25, 0.3) is 0 Å². The van der Waals surface area contributed by atoms with Crippen LogP contribution in [0.2, 0.25) is 0 Å². The molecule has 0 aliphatic carbocycles. The quantitative estimate of drug-likeness (QED) is 0.209. The van der Waals surface area contributed by atoms with E-state index in [1.165, 1.54) is 44.1 Å². The average Bonchev–Trinajstić information content (AvgIpc) is 3.63. The highest BCUT2D eigenvalue weighted by Gasteiger charge is 2.17. The van der Waals surface area contributed by atoms with Gasteiger partial charge in [-0.25, -0.2) is 0 Å². The van der Waals surface area contributed by atoms with E-state index < -0.39 is 0 Å². The van der Waals surface area contributed by atoms with E-state index in [9.17, 15) is 0 Å². The summed E-state index contributed by atoms with van der Waals surface area (Å²) in [5.74, 6) is 0. The van der Waals surface area contributed by atoms with Crippen molar-refractivity contribution in [3.05, 3.63) is 164 Å². The Morgan fingerprint density at radius 3 is 1.91 bits per heavy atom. The molecular formula is C42H27NO. The predicted molar refractivity (Wildman–Crippen MR) is 184 cm³/mol. The molecule has 9 aromatic rings. The number of nitrogens with zero attached hydrogens (tertiary/aromatic N) is 1. The Kier molecular flexibility index (Phi) is 5.54. The molecular weight excluding hydrogens is 534 g/mol. The molecule has 9 rings (SSSR count). The molecule has 2 nitrogen and oxygen atoms in total. The van der Waals surface area contributed by atoms with Crippen molar-refractivity contribution in [1.82, 2.24) is 4.57 Å². The molecule has 0 saturated carbocycles. The molecule has 0 saturated heterocycles. The summed E-state index contributed by atoms with van der Waals surface area (Å²) in [6.07, 6.45) is 0. The Morgan fingerprint density at radius 1 is 0.341 bits per heavy atom.